The van der Waals surface area contributed by atoms with Gasteiger partial charge in [0.15, 0.2) is 0 Å². The molecule has 0 aromatic carbocycles. The number of carboxylic acid groups (broad SMARTS) is 1. The average Bonchev–Trinajstić information content (AvgIpc) is 2.65. The number of aromatic amines is 1. The summed E-state index contributed by atoms with van der Waals surface area (Å²) in [6.07, 6.45) is 2.48. The molecule has 0 spiro atoms. The Bertz CT molecular complexity index is 282. The molecule has 4 nitrogen and oxygen atoms in total. The first-order valence-electron chi connectivity index (χ1n) is 4.72. The number of hydrogen-bond acceptors (Lipinski definition) is 2. The van der Waals surface area contributed by atoms with Crippen molar-refractivity contribution in [3.63, 3.8) is 0 Å². The Morgan fingerprint density at radius 3 is 2.86 bits per heavy atom. The standard InChI is InChI=1S/C10H16N2O2/c1-3-8(10(13)14)7-12(2)9-5-4-6-11-9/h4-6,8,11H,3,7H2,1-2H3,(H,13,14). The van der Waals surface area contributed by atoms with Crippen molar-refractivity contribution in [1.29, 1.82) is 0 Å². The molecule has 0 amide bonds. The highest BCUT2D eigenvalue weighted by molar-refractivity contribution is 5.70. The van der Waals surface area contributed by atoms with Gasteiger partial charge in [0.05, 0.1) is 5.92 Å². The lowest BCUT2D eigenvalue weighted by Crippen LogP contribution is -2.30. The van der Waals surface area contributed by atoms with E-state index in [1.165, 1.54) is 0 Å². The molecule has 0 aliphatic carbocycles. The zero-order valence-corrected chi connectivity index (χ0v) is 8.53. The van der Waals surface area contributed by atoms with E-state index in [-0.39, 0.29) is 5.92 Å². The normalized spacial score (nSPS) is 12.4. The fourth-order valence-corrected chi connectivity index (χ4v) is 1.37. The zero-order valence-electron chi connectivity index (χ0n) is 8.53. The summed E-state index contributed by atoms with van der Waals surface area (Å²) in [5, 5.41) is 8.88. The van der Waals surface area contributed by atoms with Crippen LogP contribution in [0.5, 0.6) is 0 Å². The van der Waals surface area contributed by atoms with Gasteiger partial charge in [0.1, 0.15) is 5.82 Å². The Kier molecular flexibility index (Phi) is 3.56. The number of nitrogens with one attached hydrogen (secondary N) is 1. The molecule has 14 heavy (non-hydrogen) atoms. The third-order valence-corrected chi connectivity index (χ3v) is 2.33. The fraction of sp³-hybridized carbons (Fsp3) is 0.500. The van der Waals surface area contributed by atoms with Crippen LogP contribution in [0, 0.1) is 5.92 Å². The van der Waals surface area contributed by atoms with E-state index in [9.17, 15) is 4.79 Å². The summed E-state index contributed by atoms with van der Waals surface area (Å²) < 4.78 is 0. The Morgan fingerprint density at radius 2 is 2.43 bits per heavy atom. The van der Waals surface area contributed by atoms with Gasteiger partial charge < -0.3 is 15.0 Å². The van der Waals surface area contributed by atoms with Crippen LogP contribution >= 0.6 is 0 Å². The molecule has 1 heterocycles. The lowest BCUT2D eigenvalue weighted by molar-refractivity contribution is -0.141. The number of H-pyrrole nitrogens is 1. The second-order valence-corrected chi connectivity index (χ2v) is 3.38. The molecule has 0 fully saturated rings. The number of nitrogens with zero attached hydrogens (tertiary/aromatic N) is 1. The molecule has 0 aliphatic rings. The van der Waals surface area contributed by atoms with E-state index in [1.807, 2.05) is 37.2 Å². The largest absolute Gasteiger partial charge is 0.481 e. The smallest absolute Gasteiger partial charge is 0.308 e. The molecule has 0 bridgehead atoms. The van der Waals surface area contributed by atoms with Crippen LogP contribution < -0.4 is 4.90 Å². The first-order chi connectivity index (χ1) is 6.65. The van der Waals surface area contributed by atoms with E-state index in [0.29, 0.717) is 13.0 Å². The molecule has 1 aromatic heterocycles. The van der Waals surface area contributed by atoms with Crippen molar-refractivity contribution >= 4 is 11.8 Å². The second kappa shape index (κ2) is 4.69. The van der Waals surface area contributed by atoms with E-state index < -0.39 is 5.97 Å². The molecule has 0 saturated heterocycles. The third kappa shape index (κ3) is 2.52. The predicted molar refractivity (Wildman–Crippen MR) is 55.5 cm³/mol. The first-order valence-corrected chi connectivity index (χ1v) is 4.72. The number of carboxylic acids is 1. The van der Waals surface area contributed by atoms with Crippen LogP contribution in [0.2, 0.25) is 0 Å². The number of aromatic nitrogens is 1. The number of aliphatic carboxylic acids is 1. The first kappa shape index (κ1) is 10.6. The molecule has 4 heteroatoms. The molecule has 1 atom stereocenters. The van der Waals surface area contributed by atoms with E-state index in [1.54, 1.807) is 0 Å². The minimum Gasteiger partial charge on any atom is -0.481 e. The van der Waals surface area contributed by atoms with Gasteiger partial charge in [0.2, 0.25) is 0 Å². The summed E-state index contributed by atoms with van der Waals surface area (Å²) in [5.41, 5.74) is 0. The Morgan fingerprint density at radius 1 is 1.71 bits per heavy atom. The fourth-order valence-electron chi connectivity index (χ4n) is 1.37. The SMILES string of the molecule is CCC(CN(C)c1ccc[nH]1)C(=O)O. The van der Waals surface area contributed by atoms with Crippen molar-refractivity contribution in [1.82, 2.24) is 4.98 Å². The maximum Gasteiger partial charge on any atom is 0.308 e. The Labute approximate surface area is 83.5 Å². The molecule has 1 unspecified atom stereocenters. The molecule has 78 valence electrons. The van der Waals surface area contributed by atoms with Gasteiger partial charge in [-0.1, -0.05) is 6.92 Å². The summed E-state index contributed by atoms with van der Waals surface area (Å²) in [6.45, 7) is 2.42. The Balaban J connectivity index is 2.55. The highest BCUT2D eigenvalue weighted by Crippen LogP contribution is 2.12. The molecule has 0 radical (unpaired) electrons. The van der Waals surface area contributed by atoms with Crippen molar-refractivity contribution in [3.8, 4) is 0 Å². The van der Waals surface area contributed by atoms with Crippen LogP contribution in [-0.4, -0.2) is 29.7 Å². The maximum atomic E-state index is 10.8. The molecule has 0 aliphatic heterocycles. The number of carbonyl (C=O) groups is 1. The number of anilines is 1. The molecular formula is C10H16N2O2. The average molecular weight is 196 g/mol. The molecule has 2 N–H and O–H groups in total. The van der Waals surface area contributed by atoms with E-state index in [2.05, 4.69) is 4.98 Å². The van der Waals surface area contributed by atoms with Crippen LogP contribution in [0.1, 0.15) is 13.3 Å². The van der Waals surface area contributed by atoms with Gasteiger partial charge in [-0.05, 0) is 18.6 Å². The summed E-state index contributed by atoms with van der Waals surface area (Å²) in [7, 11) is 1.89. The summed E-state index contributed by atoms with van der Waals surface area (Å²) in [4.78, 5) is 15.8. The van der Waals surface area contributed by atoms with Gasteiger partial charge in [0, 0.05) is 19.8 Å². The number of hydrogen-bond donors (Lipinski definition) is 2. The summed E-state index contributed by atoms with van der Waals surface area (Å²) in [6, 6.07) is 3.82. The highest BCUT2D eigenvalue weighted by Gasteiger charge is 2.17. The third-order valence-electron chi connectivity index (χ3n) is 2.33. The van der Waals surface area contributed by atoms with Gasteiger partial charge in [0.25, 0.3) is 0 Å². The van der Waals surface area contributed by atoms with Crippen molar-refractivity contribution < 1.29 is 9.90 Å². The van der Waals surface area contributed by atoms with Crippen molar-refractivity contribution in [2.75, 3.05) is 18.5 Å². The monoisotopic (exact) mass is 196 g/mol. The minimum absolute atomic E-state index is 0.303. The predicted octanol–water partition coefficient (Wildman–Crippen LogP) is 1.56. The summed E-state index contributed by atoms with van der Waals surface area (Å²) >= 11 is 0. The second-order valence-electron chi connectivity index (χ2n) is 3.38. The van der Waals surface area contributed by atoms with E-state index in [4.69, 9.17) is 5.11 Å². The van der Waals surface area contributed by atoms with Gasteiger partial charge in [-0.3, -0.25) is 4.79 Å². The minimum atomic E-state index is -0.731. The van der Waals surface area contributed by atoms with Crippen molar-refractivity contribution in [3.05, 3.63) is 18.3 Å². The van der Waals surface area contributed by atoms with Crippen molar-refractivity contribution in [2.24, 2.45) is 5.92 Å². The topological polar surface area (TPSA) is 56.3 Å². The summed E-state index contributed by atoms with van der Waals surface area (Å²) in [5.74, 6) is -0.0843. The van der Waals surface area contributed by atoms with Crippen molar-refractivity contribution in [2.45, 2.75) is 13.3 Å². The number of rotatable bonds is 5. The maximum absolute atomic E-state index is 10.8. The van der Waals surface area contributed by atoms with Gasteiger partial charge in [-0.2, -0.15) is 0 Å². The van der Waals surface area contributed by atoms with Crippen LogP contribution in [0.3, 0.4) is 0 Å². The highest BCUT2D eigenvalue weighted by atomic mass is 16.4. The van der Waals surface area contributed by atoms with E-state index in [0.717, 1.165) is 5.82 Å². The molecule has 1 aromatic rings. The van der Waals surface area contributed by atoms with Gasteiger partial charge >= 0.3 is 5.97 Å². The molecular weight excluding hydrogens is 180 g/mol. The quantitative estimate of drug-likeness (QED) is 0.751. The Hall–Kier alpha value is -1.45. The lowest BCUT2D eigenvalue weighted by atomic mass is 10.1. The molecule has 1 rings (SSSR count). The van der Waals surface area contributed by atoms with Crippen LogP contribution in [0.4, 0.5) is 5.82 Å². The lowest BCUT2D eigenvalue weighted by Gasteiger charge is -2.20. The van der Waals surface area contributed by atoms with Crippen LogP contribution in [0.25, 0.3) is 0 Å². The van der Waals surface area contributed by atoms with Crippen LogP contribution in [0.15, 0.2) is 18.3 Å². The molecule has 0 saturated carbocycles. The van der Waals surface area contributed by atoms with Gasteiger partial charge in [-0.15, -0.1) is 0 Å². The zero-order chi connectivity index (χ0) is 10.6. The van der Waals surface area contributed by atoms with Crippen LogP contribution in [-0.2, 0) is 4.79 Å². The van der Waals surface area contributed by atoms with Gasteiger partial charge in [-0.25, -0.2) is 0 Å². The van der Waals surface area contributed by atoms with E-state index >= 15 is 0 Å².